The van der Waals surface area contributed by atoms with Gasteiger partial charge in [-0.3, -0.25) is 5.09 Å². The molecule has 5 fully saturated rings. The lowest BCUT2D eigenvalue weighted by atomic mass is 10.4. The second kappa shape index (κ2) is 12.4. The monoisotopic (exact) mass is 646 g/mol. The van der Waals surface area contributed by atoms with E-state index < -0.39 is 30.0 Å². The van der Waals surface area contributed by atoms with Crippen LogP contribution in [-0.2, 0) is 0 Å². The lowest BCUT2D eigenvalue weighted by Crippen LogP contribution is -2.46. The van der Waals surface area contributed by atoms with Crippen LogP contribution in [0.2, 0.25) is 0 Å². The van der Waals surface area contributed by atoms with Crippen LogP contribution in [-0.4, -0.2) is 106 Å². The summed E-state index contributed by atoms with van der Waals surface area (Å²) in [5.74, 6) is 0. The maximum absolute atomic E-state index is 6.45. The third-order valence-corrected chi connectivity index (χ3v) is 27.8. The molecular formula is C26H56N11P4+. The molecule has 41 heavy (non-hydrogen) atoms. The van der Waals surface area contributed by atoms with E-state index in [0.717, 1.165) is 65.2 Å². The predicted molar refractivity (Wildman–Crippen MR) is 176 cm³/mol. The fourth-order valence-corrected chi connectivity index (χ4v) is 32.2. The second-order valence-electron chi connectivity index (χ2n) is 12.9. The Balaban J connectivity index is 1.59. The Hall–Kier alpha value is 0.640. The van der Waals surface area contributed by atoms with Crippen LogP contribution < -0.4 is 9.95 Å². The van der Waals surface area contributed by atoms with Crippen LogP contribution in [0.4, 0.5) is 0 Å². The van der Waals surface area contributed by atoms with Crippen LogP contribution in [0.3, 0.4) is 0 Å². The van der Waals surface area contributed by atoms with Gasteiger partial charge in [0.2, 0.25) is 7.51 Å². The third-order valence-electron chi connectivity index (χ3n) is 10.00. The summed E-state index contributed by atoms with van der Waals surface area (Å²) in [6.07, 6.45) is 15.1. The third kappa shape index (κ3) is 5.05. The molecule has 7 heterocycles. The van der Waals surface area contributed by atoms with E-state index in [-0.39, 0.29) is 0 Å². The van der Waals surface area contributed by atoms with Crippen molar-refractivity contribution in [2.45, 2.75) is 90.9 Å². The van der Waals surface area contributed by atoms with Gasteiger partial charge in [0, 0.05) is 78.3 Å². The van der Waals surface area contributed by atoms with Crippen LogP contribution in [0.5, 0.6) is 0 Å². The molecule has 0 unspecified atom stereocenters. The van der Waals surface area contributed by atoms with Crippen molar-refractivity contribution < 1.29 is 4.33 Å². The molecule has 0 aliphatic carbocycles. The van der Waals surface area contributed by atoms with Crippen molar-refractivity contribution in [3.63, 3.8) is 0 Å². The molecule has 2 bridgehead atoms. The van der Waals surface area contributed by atoms with E-state index in [2.05, 4.69) is 51.2 Å². The van der Waals surface area contributed by atoms with Gasteiger partial charge < -0.3 is 0 Å². The fraction of sp³-hybridized carbons (Fsp3) is 1.00. The minimum absolute atomic E-state index is 1.00. The van der Waals surface area contributed by atoms with E-state index in [9.17, 15) is 0 Å². The Morgan fingerprint density at radius 3 is 1.63 bits per heavy atom. The molecule has 0 amide bonds. The first-order valence-corrected chi connectivity index (χ1v) is 23.6. The SMILES string of the molecule is CCCN[P@@]12=NP(N3CCCC3)(N3CCCC3)=N[P@@](=[N+]3CCCC3)(N=P(N3CCCC3)(N3CCCC3)N1)N2CCC. The van der Waals surface area contributed by atoms with E-state index in [1.807, 2.05) is 0 Å². The first kappa shape index (κ1) is 30.3. The van der Waals surface area contributed by atoms with Gasteiger partial charge >= 0.3 is 7.51 Å². The predicted octanol–water partition coefficient (Wildman–Crippen LogP) is 7.29. The smallest absolute Gasteiger partial charge is 0.259 e. The highest BCUT2D eigenvalue weighted by Crippen LogP contribution is 2.89. The van der Waals surface area contributed by atoms with Crippen molar-refractivity contribution in [3.05, 3.63) is 0 Å². The van der Waals surface area contributed by atoms with E-state index in [4.69, 9.17) is 13.5 Å². The zero-order chi connectivity index (χ0) is 28.0. The normalized spacial score (nSPS) is 36.6. The standard InChI is InChI=1S/C26H56N11P4/c1-3-15-27-38-28-39(32-17-5-6-18-32,33-19-7-8-20-33)30-41(37(38)16-4-2,36-25-13-14-26-36)31-40(29-38,34-21-9-10-22-34)35-23-11-12-24-35/h27-28H,3-26H2,1-2H3/q+1/t38-,41+/m0/s1. The topological polar surface area (TPSA) is 80.3 Å². The number of rotatable bonds is 9. The average molecular weight is 647 g/mol. The van der Waals surface area contributed by atoms with Crippen molar-refractivity contribution in [3.8, 4) is 0 Å². The minimum atomic E-state index is -2.39. The molecule has 0 spiro atoms. The Morgan fingerprint density at radius 1 is 0.634 bits per heavy atom. The Bertz CT molecular complexity index is 1150. The van der Waals surface area contributed by atoms with Gasteiger partial charge in [0.15, 0.2) is 15.0 Å². The Kier molecular flexibility index (Phi) is 9.20. The largest absolute Gasteiger partial charge is 0.412 e. The number of fused-ring (bicyclic) bond motifs is 2. The van der Waals surface area contributed by atoms with Gasteiger partial charge in [-0.1, -0.05) is 13.8 Å². The molecule has 7 aliphatic heterocycles. The summed E-state index contributed by atoms with van der Waals surface area (Å²) in [4.78, 5) is 4.59. The number of nitrogens with one attached hydrogen (secondary N) is 2. The van der Waals surface area contributed by atoms with E-state index in [1.54, 1.807) is 0 Å². The Labute approximate surface area is 250 Å². The summed E-state index contributed by atoms with van der Waals surface area (Å²) in [6.45, 7) is 18.3. The molecule has 7 rings (SSSR count). The molecule has 2 atom stereocenters. The highest BCUT2D eigenvalue weighted by molar-refractivity contribution is 7.92. The first-order chi connectivity index (χ1) is 20.1. The average Bonchev–Trinajstić information content (AvgIpc) is 3.84. The summed E-state index contributed by atoms with van der Waals surface area (Å²) >= 11 is 0. The van der Waals surface area contributed by atoms with Gasteiger partial charge in [-0.25, -0.2) is 23.0 Å². The molecule has 0 aromatic carbocycles. The Morgan fingerprint density at radius 2 is 1.15 bits per heavy atom. The second-order valence-corrected chi connectivity index (χ2v) is 24.8. The quantitative estimate of drug-likeness (QED) is 0.255. The summed E-state index contributed by atoms with van der Waals surface area (Å²) in [6, 6.07) is 0. The summed E-state index contributed by atoms with van der Waals surface area (Å²) in [5, 5.41) is 4.29. The van der Waals surface area contributed by atoms with E-state index >= 15 is 0 Å². The molecule has 0 saturated carbocycles. The molecular weight excluding hydrogens is 590 g/mol. The van der Waals surface area contributed by atoms with Crippen molar-refractivity contribution >= 4 is 30.0 Å². The zero-order valence-corrected chi connectivity index (χ0v) is 29.4. The number of nitrogens with zero attached hydrogens (tertiary/aromatic N) is 9. The first-order valence-electron chi connectivity index (χ1n) is 17.0. The van der Waals surface area contributed by atoms with Gasteiger partial charge in [0.05, 0.1) is 0 Å². The lowest BCUT2D eigenvalue weighted by molar-refractivity contribution is -0.489. The molecule has 5 saturated heterocycles. The summed E-state index contributed by atoms with van der Waals surface area (Å²) in [7, 11) is -9.19. The van der Waals surface area contributed by atoms with E-state index in [0.29, 0.717) is 0 Å². The fourth-order valence-electron chi connectivity index (χ4n) is 7.97. The van der Waals surface area contributed by atoms with Crippen molar-refractivity contribution in [1.82, 2.24) is 33.1 Å². The molecule has 0 radical (unpaired) electrons. The molecule has 0 aromatic heterocycles. The highest BCUT2D eigenvalue weighted by Gasteiger charge is 2.62. The highest BCUT2D eigenvalue weighted by atomic mass is 31.3. The van der Waals surface area contributed by atoms with Crippen LogP contribution in [0, 0.1) is 0 Å². The van der Waals surface area contributed by atoms with Crippen LogP contribution in [0.1, 0.15) is 90.9 Å². The van der Waals surface area contributed by atoms with Gasteiger partial charge in [-0.15, -0.1) is 13.5 Å². The van der Waals surface area contributed by atoms with E-state index in [1.165, 1.54) is 90.4 Å². The number of hydrogen-bond acceptors (Lipinski definition) is 7. The molecule has 0 aromatic rings. The van der Waals surface area contributed by atoms with Crippen LogP contribution >= 0.6 is 30.0 Å². The maximum Gasteiger partial charge on any atom is 0.412 e. The summed E-state index contributed by atoms with van der Waals surface area (Å²) in [5.41, 5.74) is 0. The van der Waals surface area contributed by atoms with Crippen molar-refractivity contribution in [2.75, 3.05) is 78.5 Å². The van der Waals surface area contributed by atoms with Crippen molar-refractivity contribution in [1.29, 1.82) is 0 Å². The maximum atomic E-state index is 6.45. The molecule has 15 heteroatoms. The lowest BCUT2D eigenvalue weighted by Gasteiger charge is -2.55. The van der Waals surface area contributed by atoms with Crippen LogP contribution in [0.15, 0.2) is 13.5 Å². The molecule has 234 valence electrons. The van der Waals surface area contributed by atoms with Gasteiger partial charge in [-0.2, -0.15) is 9.37 Å². The molecule has 7 aliphatic rings. The molecule has 2 N–H and O–H groups in total. The van der Waals surface area contributed by atoms with Crippen LogP contribution in [0.25, 0.3) is 0 Å². The molecule has 11 nitrogen and oxygen atoms in total. The number of hydrogen-bond donors (Lipinski definition) is 2. The minimum Gasteiger partial charge on any atom is -0.259 e. The summed E-state index contributed by atoms with van der Waals surface area (Å²) < 4.78 is 36.1. The van der Waals surface area contributed by atoms with Gasteiger partial charge in [0.1, 0.15) is 13.1 Å². The van der Waals surface area contributed by atoms with Gasteiger partial charge in [0.25, 0.3) is 0 Å². The van der Waals surface area contributed by atoms with Gasteiger partial charge in [-0.05, 0) is 64.2 Å². The van der Waals surface area contributed by atoms with Crippen molar-refractivity contribution in [2.24, 2.45) is 13.5 Å². The zero-order valence-electron chi connectivity index (χ0n) is 25.8.